The lowest BCUT2D eigenvalue weighted by Gasteiger charge is -2.16. The average molecular weight is 317 g/mol. The molecule has 0 amide bonds. The minimum atomic E-state index is -4.16. The van der Waals surface area contributed by atoms with E-state index in [0.29, 0.717) is 5.56 Å². The summed E-state index contributed by atoms with van der Waals surface area (Å²) in [4.78, 5) is 0. The van der Waals surface area contributed by atoms with Gasteiger partial charge in [-0.2, -0.15) is 17.6 Å². The van der Waals surface area contributed by atoms with Crippen molar-refractivity contribution in [2.24, 2.45) is 0 Å². The Labute approximate surface area is 116 Å². The first-order chi connectivity index (χ1) is 9.76. The van der Waals surface area contributed by atoms with Crippen LogP contribution in [0.4, 0.5) is 26.3 Å². The molecular weight excluding hydrogens is 304 g/mol. The standard InChI is InChI=1S/C12H13F6NO2/c1-20-8-3-2-7(4-9(8)21-11(15)16)5-19-6-12(17,18)10(13)14/h2-4,10-11,19H,5-6H2,1H3. The maximum Gasteiger partial charge on any atom is 0.387 e. The molecule has 1 rings (SSSR count). The van der Waals surface area contributed by atoms with Crippen LogP contribution in [0.15, 0.2) is 18.2 Å². The Kier molecular flexibility index (Phi) is 6.13. The van der Waals surface area contributed by atoms with Crippen molar-refractivity contribution >= 4 is 0 Å². The van der Waals surface area contributed by atoms with Crippen LogP contribution in [0.1, 0.15) is 5.56 Å². The number of hydrogen-bond donors (Lipinski definition) is 1. The first-order valence-corrected chi connectivity index (χ1v) is 5.74. The van der Waals surface area contributed by atoms with Gasteiger partial charge in [0.2, 0.25) is 0 Å². The van der Waals surface area contributed by atoms with Gasteiger partial charge in [-0.15, -0.1) is 0 Å². The molecule has 0 fully saturated rings. The third-order valence-corrected chi connectivity index (χ3v) is 2.45. The zero-order valence-electron chi connectivity index (χ0n) is 10.9. The van der Waals surface area contributed by atoms with Gasteiger partial charge in [0, 0.05) is 6.54 Å². The number of methoxy groups -OCH3 is 1. The van der Waals surface area contributed by atoms with E-state index in [4.69, 9.17) is 4.74 Å². The molecule has 0 saturated heterocycles. The SMILES string of the molecule is COc1ccc(CNCC(F)(F)C(F)F)cc1OC(F)F. The Morgan fingerprint density at radius 2 is 1.81 bits per heavy atom. The van der Waals surface area contributed by atoms with E-state index in [-0.39, 0.29) is 18.0 Å². The highest BCUT2D eigenvalue weighted by molar-refractivity contribution is 5.42. The Bertz CT molecular complexity index is 455. The van der Waals surface area contributed by atoms with Crippen LogP contribution in [0.3, 0.4) is 0 Å². The van der Waals surface area contributed by atoms with E-state index in [9.17, 15) is 26.3 Å². The highest BCUT2D eigenvalue weighted by Crippen LogP contribution is 2.29. The minimum Gasteiger partial charge on any atom is -0.493 e. The molecule has 0 bridgehead atoms. The van der Waals surface area contributed by atoms with Gasteiger partial charge < -0.3 is 14.8 Å². The molecule has 0 saturated carbocycles. The van der Waals surface area contributed by atoms with Gasteiger partial charge in [0.25, 0.3) is 0 Å². The van der Waals surface area contributed by atoms with Gasteiger partial charge in [-0.25, -0.2) is 8.78 Å². The molecule has 1 aromatic carbocycles. The number of halogens is 6. The minimum absolute atomic E-state index is 0.0389. The van der Waals surface area contributed by atoms with Gasteiger partial charge in [-0.1, -0.05) is 6.07 Å². The van der Waals surface area contributed by atoms with Gasteiger partial charge in [0.15, 0.2) is 11.5 Å². The largest absolute Gasteiger partial charge is 0.493 e. The van der Waals surface area contributed by atoms with Crippen molar-refractivity contribution in [2.75, 3.05) is 13.7 Å². The summed E-state index contributed by atoms with van der Waals surface area (Å²) in [7, 11) is 1.24. The van der Waals surface area contributed by atoms with Gasteiger partial charge in [0.05, 0.1) is 13.7 Å². The van der Waals surface area contributed by atoms with Crippen LogP contribution < -0.4 is 14.8 Å². The quantitative estimate of drug-likeness (QED) is 0.746. The Morgan fingerprint density at radius 3 is 2.33 bits per heavy atom. The maximum atomic E-state index is 12.7. The second-order valence-corrected chi connectivity index (χ2v) is 4.03. The lowest BCUT2D eigenvalue weighted by Crippen LogP contribution is -2.38. The van der Waals surface area contributed by atoms with Crippen LogP contribution in [-0.4, -0.2) is 32.6 Å². The Balaban J connectivity index is 2.68. The van der Waals surface area contributed by atoms with Crippen molar-refractivity contribution in [3.05, 3.63) is 23.8 Å². The smallest absolute Gasteiger partial charge is 0.387 e. The van der Waals surface area contributed by atoms with E-state index in [1.807, 2.05) is 0 Å². The highest BCUT2D eigenvalue weighted by atomic mass is 19.3. The van der Waals surface area contributed by atoms with Crippen LogP contribution >= 0.6 is 0 Å². The summed E-state index contributed by atoms with van der Waals surface area (Å²) in [5.74, 6) is -4.39. The fourth-order valence-electron chi connectivity index (χ4n) is 1.47. The van der Waals surface area contributed by atoms with E-state index >= 15 is 0 Å². The zero-order chi connectivity index (χ0) is 16.0. The summed E-state index contributed by atoms with van der Waals surface area (Å²) in [6, 6.07) is 3.86. The average Bonchev–Trinajstić information content (AvgIpc) is 2.38. The van der Waals surface area contributed by atoms with E-state index < -0.39 is 25.5 Å². The normalized spacial score (nSPS) is 12.0. The second kappa shape index (κ2) is 7.39. The van der Waals surface area contributed by atoms with E-state index in [1.54, 1.807) is 0 Å². The molecule has 21 heavy (non-hydrogen) atoms. The van der Waals surface area contributed by atoms with Crippen LogP contribution in [-0.2, 0) is 6.54 Å². The van der Waals surface area contributed by atoms with Crippen molar-refractivity contribution in [3.8, 4) is 11.5 Å². The molecule has 1 aromatic rings. The molecular formula is C12H13F6NO2. The topological polar surface area (TPSA) is 30.5 Å². The fourth-order valence-corrected chi connectivity index (χ4v) is 1.47. The van der Waals surface area contributed by atoms with Gasteiger partial charge in [0.1, 0.15) is 0 Å². The number of benzene rings is 1. The van der Waals surface area contributed by atoms with Gasteiger partial charge >= 0.3 is 19.0 Å². The molecule has 0 unspecified atom stereocenters. The molecule has 1 N–H and O–H groups in total. The summed E-state index contributed by atoms with van der Waals surface area (Å²) in [5, 5.41) is 2.13. The molecule has 3 nitrogen and oxygen atoms in total. The highest BCUT2D eigenvalue weighted by Gasteiger charge is 2.39. The molecule has 0 atom stereocenters. The molecule has 0 aliphatic rings. The second-order valence-electron chi connectivity index (χ2n) is 4.03. The van der Waals surface area contributed by atoms with Crippen LogP contribution in [0.5, 0.6) is 11.5 Å². The molecule has 0 aromatic heterocycles. The van der Waals surface area contributed by atoms with Gasteiger partial charge in [-0.3, -0.25) is 0 Å². The summed E-state index contributed by atoms with van der Waals surface area (Å²) < 4.78 is 82.6. The molecule has 0 aliphatic heterocycles. The molecule has 0 spiro atoms. The van der Waals surface area contributed by atoms with Crippen molar-refractivity contribution in [1.82, 2.24) is 5.32 Å². The molecule has 0 radical (unpaired) electrons. The maximum absolute atomic E-state index is 12.7. The van der Waals surface area contributed by atoms with Crippen molar-refractivity contribution in [1.29, 1.82) is 0 Å². The fraction of sp³-hybridized carbons (Fsp3) is 0.500. The molecule has 120 valence electrons. The van der Waals surface area contributed by atoms with E-state index in [1.165, 1.54) is 19.2 Å². The molecule has 9 heteroatoms. The van der Waals surface area contributed by atoms with Gasteiger partial charge in [-0.05, 0) is 17.7 Å². The first kappa shape index (κ1) is 17.4. The van der Waals surface area contributed by atoms with E-state index in [0.717, 1.165) is 6.07 Å². The third kappa shape index (κ3) is 5.33. The first-order valence-electron chi connectivity index (χ1n) is 5.74. The summed E-state index contributed by atoms with van der Waals surface area (Å²) >= 11 is 0. The number of nitrogens with one attached hydrogen (secondary N) is 1. The number of alkyl halides is 6. The lowest BCUT2D eigenvalue weighted by atomic mass is 10.2. The third-order valence-electron chi connectivity index (χ3n) is 2.45. The Morgan fingerprint density at radius 1 is 1.14 bits per heavy atom. The number of hydrogen-bond acceptors (Lipinski definition) is 3. The Hall–Kier alpha value is -1.64. The van der Waals surface area contributed by atoms with Crippen LogP contribution in [0.25, 0.3) is 0 Å². The lowest BCUT2D eigenvalue weighted by molar-refractivity contribution is -0.125. The van der Waals surface area contributed by atoms with Crippen molar-refractivity contribution in [3.63, 3.8) is 0 Å². The molecule has 0 aliphatic carbocycles. The van der Waals surface area contributed by atoms with Crippen LogP contribution in [0, 0.1) is 0 Å². The zero-order valence-corrected chi connectivity index (χ0v) is 10.9. The predicted octanol–water partition coefficient (Wildman–Crippen LogP) is 3.29. The summed E-state index contributed by atoms with van der Waals surface area (Å²) in [5.41, 5.74) is 0.302. The molecule has 0 heterocycles. The number of rotatable bonds is 8. The predicted molar refractivity (Wildman–Crippen MR) is 62.3 cm³/mol. The van der Waals surface area contributed by atoms with Crippen molar-refractivity contribution in [2.45, 2.75) is 25.5 Å². The number of ether oxygens (including phenoxy) is 2. The monoisotopic (exact) mass is 317 g/mol. The van der Waals surface area contributed by atoms with Crippen molar-refractivity contribution < 1.29 is 35.8 Å². The summed E-state index contributed by atoms with van der Waals surface area (Å²) in [6.07, 6.45) is -3.78. The summed E-state index contributed by atoms with van der Waals surface area (Å²) in [6.45, 7) is -4.53. The van der Waals surface area contributed by atoms with Crippen LogP contribution in [0.2, 0.25) is 0 Å². The van der Waals surface area contributed by atoms with E-state index in [2.05, 4.69) is 10.1 Å².